The van der Waals surface area contributed by atoms with E-state index in [1.165, 1.54) is 0 Å². The summed E-state index contributed by atoms with van der Waals surface area (Å²) < 4.78 is 5.37. The standard InChI is InChI=1S/C14H22N2O2/c1-3-18-13-8-6-12(7-9-13)11(2)16-14(17)5-4-10-15/h6-9,11H,3-5,10,15H2,1-2H3,(H,16,17)/t11-/m0/s1. The summed E-state index contributed by atoms with van der Waals surface area (Å²) in [5.74, 6) is 0.893. The van der Waals surface area contributed by atoms with Crippen molar-refractivity contribution in [3.8, 4) is 5.75 Å². The van der Waals surface area contributed by atoms with Gasteiger partial charge in [-0.2, -0.15) is 0 Å². The maximum absolute atomic E-state index is 11.6. The highest BCUT2D eigenvalue weighted by Gasteiger charge is 2.08. The van der Waals surface area contributed by atoms with Crippen LogP contribution in [0.2, 0.25) is 0 Å². The van der Waals surface area contributed by atoms with Crippen molar-refractivity contribution >= 4 is 5.91 Å². The number of amides is 1. The molecule has 1 aromatic carbocycles. The smallest absolute Gasteiger partial charge is 0.220 e. The molecule has 0 aliphatic carbocycles. The molecule has 0 heterocycles. The Labute approximate surface area is 109 Å². The third kappa shape index (κ3) is 4.75. The largest absolute Gasteiger partial charge is 0.494 e. The minimum Gasteiger partial charge on any atom is -0.494 e. The Hall–Kier alpha value is -1.55. The molecule has 0 fully saturated rings. The quantitative estimate of drug-likeness (QED) is 0.778. The SMILES string of the molecule is CCOc1ccc([C@H](C)NC(=O)CCCN)cc1. The third-order valence-corrected chi connectivity index (χ3v) is 2.68. The summed E-state index contributed by atoms with van der Waals surface area (Å²) in [6.45, 7) is 5.12. The van der Waals surface area contributed by atoms with Crippen LogP contribution >= 0.6 is 0 Å². The number of hydrogen-bond acceptors (Lipinski definition) is 3. The van der Waals surface area contributed by atoms with Crippen LogP contribution in [0.25, 0.3) is 0 Å². The van der Waals surface area contributed by atoms with Gasteiger partial charge in [0, 0.05) is 6.42 Å². The molecule has 18 heavy (non-hydrogen) atoms. The highest BCUT2D eigenvalue weighted by Crippen LogP contribution is 2.17. The van der Waals surface area contributed by atoms with Crippen molar-refractivity contribution in [1.29, 1.82) is 0 Å². The first-order valence-corrected chi connectivity index (χ1v) is 6.39. The van der Waals surface area contributed by atoms with Crippen LogP contribution in [0.4, 0.5) is 0 Å². The topological polar surface area (TPSA) is 64.3 Å². The van der Waals surface area contributed by atoms with E-state index >= 15 is 0 Å². The first-order chi connectivity index (χ1) is 8.67. The van der Waals surface area contributed by atoms with Crippen LogP contribution in [0.3, 0.4) is 0 Å². The number of nitrogens with two attached hydrogens (primary N) is 1. The number of carbonyl (C=O) groups is 1. The Kier molecular flexibility index (Phi) is 6.22. The van der Waals surface area contributed by atoms with Crippen molar-refractivity contribution in [2.45, 2.75) is 32.7 Å². The highest BCUT2D eigenvalue weighted by molar-refractivity contribution is 5.76. The molecule has 4 nitrogen and oxygen atoms in total. The van der Waals surface area contributed by atoms with E-state index in [2.05, 4.69) is 5.32 Å². The zero-order chi connectivity index (χ0) is 13.4. The first-order valence-electron chi connectivity index (χ1n) is 6.39. The fraction of sp³-hybridized carbons (Fsp3) is 0.500. The van der Waals surface area contributed by atoms with Gasteiger partial charge in [0.25, 0.3) is 0 Å². The predicted molar refractivity (Wildman–Crippen MR) is 72.5 cm³/mol. The monoisotopic (exact) mass is 250 g/mol. The van der Waals surface area contributed by atoms with Crippen LogP contribution in [-0.2, 0) is 4.79 Å². The number of carbonyl (C=O) groups excluding carboxylic acids is 1. The van der Waals surface area contributed by atoms with Gasteiger partial charge >= 0.3 is 0 Å². The highest BCUT2D eigenvalue weighted by atomic mass is 16.5. The van der Waals surface area contributed by atoms with Gasteiger partial charge in [0.2, 0.25) is 5.91 Å². The van der Waals surface area contributed by atoms with Gasteiger partial charge in [-0.15, -0.1) is 0 Å². The van der Waals surface area contributed by atoms with Gasteiger partial charge in [0.05, 0.1) is 12.6 Å². The second kappa shape index (κ2) is 7.71. The van der Waals surface area contributed by atoms with Crippen LogP contribution in [-0.4, -0.2) is 19.1 Å². The van der Waals surface area contributed by atoms with Crippen LogP contribution < -0.4 is 15.8 Å². The minimum absolute atomic E-state index is 0.00551. The van der Waals surface area contributed by atoms with Gasteiger partial charge in [-0.25, -0.2) is 0 Å². The number of ether oxygens (including phenoxy) is 1. The molecule has 0 radical (unpaired) electrons. The molecule has 0 unspecified atom stereocenters. The van der Waals surface area contributed by atoms with Crippen molar-refractivity contribution < 1.29 is 9.53 Å². The summed E-state index contributed by atoms with van der Waals surface area (Å²) in [5, 5.41) is 2.95. The fourth-order valence-electron chi connectivity index (χ4n) is 1.68. The number of hydrogen-bond donors (Lipinski definition) is 2. The summed E-state index contributed by atoms with van der Waals surface area (Å²) in [4.78, 5) is 11.6. The van der Waals surface area contributed by atoms with Crippen LogP contribution in [0.5, 0.6) is 5.75 Å². The molecule has 0 saturated carbocycles. The fourth-order valence-corrected chi connectivity index (χ4v) is 1.68. The summed E-state index contributed by atoms with van der Waals surface area (Å²) in [7, 11) is 0. The van der Waals surface area contributed by atoms with Crippen molar-refractivity contribution in [3.63, 3.8) is 0 Å². The Morgan fingerprint density at radius 3 is 2.61 bits per heavy atom. The maximum Gasteiger partial charge on any atom is 0.220 e. The number of nitrogens with one attached hydrogen (secondary N) is 1. The van der Waals surface area contributed by atoms with E-state index in [1.807, 2.05) is 38.1 Å². The van der Waals surface area contributed by atoms with Gasteiger partial charge in [-0.1, -0.05) is 12.1 Å². The summed E-state index contributed by atoms with van der Waals surface area (Å²) in [6, 6.07) is 7.78. The molecule has 0 aliphatic rings. The van der Waals surface area contributed by atoms with E-state index < -0.39 is 0 Å². The van der Waals surface area contributed by atoms with Gasteiger partial charge in [0.15, 0.2) is 0 Å². The lowest BCUT2D eigenvalue weighted by atomic mass is 10.1. The molecular formula is C14H22N2O2. The average Bonchev–Trinajstić information content (AvgIpc) is 2.37. The Balaban J connectivity index is 2.50. The molecule has 1 rings (SSSR count). The zero-order valence-electron chi connectivity index (χ0n) is 11.1. The predicted octanol–water partition coefficient (Wildman–Crippen LogP) is 2.00. The normalized spacial score (nSPS) is 11.9. The molecule has 0 aromatic heterocycles. The molecule has 0 saturated heterocycles. The van der Waals surface area contributed by atoms with Crippen molar-refractivity contribution in [3.05, 3.63) is 29.8 Å². The lowest BCUT2D eigenvalue weighted by Crippen LogP contribution is -2.26. The molecule has 100 valence electrons. The van der Waals surface area contributed by atoms with Crippen molar-refractivity contribution in [1.82, 2.24) is 5.32 Å². The lowest BCUT2D eigenvalue weighted by molar-refractivity contribution is -0.121. The summed E-state index contributed by atoms with van der Waals surface area (Å²) in [5.41, 5.74) is 6.44. The summed E-state index contributed by atoms with van der Waals surface area (Å²) in [6.07, 6.45) is 1.21. The molecule has 0 spiro atoms. The maximum atomic E-state index is 11.6. The number of benzene rings is 1. The van der Waals surface area contributed by atoms with Gasteiger partial charge in [-0.05, 0) is 44.5 Å². The van der Waals surface area contributed by atoms with E-state index in [1.54, 1.807) is 0 Å². The van der Waals surface area contributed by atoms with Crippen molar-refractivity contribution in [2.24, 2.45) is 5.73 Å². The molecule has 0 bridgehead atoms. The number of rotatable bonds is 7. The molecule has 4 heteroatoms. The Bertz CT molecular complexity index is 363. The van der Waals surface area contributed by atoms with E-state index in [0.717, 1.165) is 17.7 Å². The van der Waals surface area contributed by atoms with E-state index in [9.17, 15) is 4.79 Å². The molecule has 1 amide bonds. The van der Waals surface area contributed by atoms with Crippen LogP contribution in [0.1, 0.15) is 38.3 Å². The molecule has 1 aromatic rings. The summed E-state index contributed by atoms with van der Waals surface area (Å²) >= 11 is 0. The van der Waals surface area contributed by atoms with Gasteiger partial charge in [0.1, 0.15) is 5.75 Å². The second-order valence-electron chi connectivity index (χ2n) is 4.18. The van der Waals surface area contributed by atoms with E-state index in [0.29, 0.717) is 19.6 Å². The Morgan fingerprint density at radius 1 is 1.39 bits per heavy atom. The lowest BCUT2D eigenvalue weighted by Gasteiger charge is -2.14. The van der Waals surface area contributed by atoms with Crippen LogP contribution in [0.15, 0.2) is 24.3 Å². The molecular weight excluding hydrogens is 228 g/mol. The van der Waals surface area contributed by atoms with Crippen LogP contribution in [0, 0.1) is 0 Å². The zero-order valence-corrected chi connectivity index (χ0v) is 11.1. The Morgan fingerprint density at radius 2 is 2.06 bits per heavy atom. The minimum atomic E-state index is 0.00551. The molecule has 3 N–H and O–H groups in total. The average molecular weight is 250 g/mol. The molecule has 1 atom stereocenters. The second-order valence-corrected chi connectivity index (χ2v) is 4.18. The first kappa shape index (κ1) is 14.5. The van der Waals surface area contributed by atoms with Crippen molar-refractivity contribution in [2.75, 3.05) is 13.2 Å². The third-order valence-electron chi connectivity index (χ3n) is 2.68. The molecule has 0 aliphatic heterocycles. The van der Waals surface area contributed by atoms with Gasteiger partial charge < -0.3 is 15.8 Å². The van der Waals surface area contributed by atoms with E-state index in [4.69, 9.17) is 10.5 Å². The van der Waals surface area contributed by atoms with E-state index in [-0.39, 0.29) is 11.9 Å². The van der Waals surface area contributed by atoms with Gasteiger partial charge in [-0.3, -0.25) is 4.79 Å².